The molecule has 33 heavy (non-hydrogen) atoms. The number of nitrogens with one attached hydrogen (secondary N) is 2. The van der Waals surface area contributed by atoms with Crippen LogP contribution in [0.15, 0.2) is 47.8 Å². The number of rotatable bonds is 13. The number of carbonyl (C=O) groups is 3. The van der Waals surface area contributed by atoms with Crippen LogP contribution in [0.1, 0.15) is 24.1 Å². The third-order valence-corrected chi connectivity index (χ3v) is 4.40. The lowest BCUT2D eigenvalue weighted by atomic mass is 10.1. The summed E-state index contributed by atoms with van der Waals surface area (Å²) in [6.07, 6.45) is 2.42. The number of aromatic nitrogens is 2. The quantitative estimate of drug-likeness (QED) is 0.132. The van der Waals surface area contributed by atoms with E-state index in [0.29, 0.717) is 12.1 Å². The number of carboxylic acids is 2. The van der Waals surface area contributed by atoms with Crippen molar-refractivity contribution in [1.82, 2.24) is 15.0 Å². The van der Waals surface area contributed by atoms with Crippen LogP contribution < -0.4 is 22.2 Å². The fourth-order valence-electron chi connectivity index (χ4n) is 2.78. The molecule has 1 aromatic carbocycles. The number of alkyl carbamates (subject to hydrolysis) is 1. The minimum Gasteiger partial charge on any atom is -0.480 e. The number of benzene rings is 1. The number of aliphatic carboxylic acids is 2. The molecule has 0 saturated carbocycles. The molecule has 0 unspecified atom stereocenters. The highest BCUT2D eigenvalue weighted by atomic mass is 16.5. The van der Waals surface area contributed by atoms with Crippen molar-refractivity contribution in [3.05, 3.63) is 54.1 Å². The third-order valence-electron chi connectivity index (χ3n) is 4.40. The van der Waals surface area contributed by atoms with E-state index in [1.165, 1.54) is 17.2 Å². The van der Waals surface area contributed by atoms with Crippen LogP contribution in [0.3, 0.4) is 0 Å². The summed E-state index contributed by atoms with van der Waals surface area (Å²) in [5.41, 5.74) is 14.3. The molecule has 1 amide bonds. The second kappa shape index (κ2) is 12.5. The van der Waals surface area contributed by atoms with Gasteiger partial charge < -0.3 is 37.2 Å². The Hall–Kier alpha value is -4.29. The molecule has 0 aliphatic rings. The number of carbonyl (C=O) groups excluding carboxylic acids is 1. The average molecular weight is 461 g/mol. The number of imidazole rings is 1. The second-order valence-corrected chi connectivity index (χ2v) is 7.04. The van der Waals surface area contributed by atoms with Crippen molar-refractivity contribution in [3.8, 4) is 0 Å². The van der Waals surface area contributed by atoms with Crippen molar-refractivity contribution in [2.75, 3.05) is 12.0 Å². The maximum Gasteiger partial charge on any atom is 0.408 e. The Morgan fingerprint density at radius 2 is 1.82 bits per heavy atom. The smallest absolute Gasteiger partial charge is 0.408 e. The molecule has 1 aromatic heterocycles. The summed E-state index contributed by atoms with van der Waals surface area (Å²) in [6.45, 7) is 0.284. The van der Waals surface area contributed by atoms with Crippen LogP contribution in [-0.4, -0.2) is 62.5 Å². The number of ether oxygens (including phenoxy) is 1. The fourth-order valence-corrected chi connectivity index (χ4v) is 2.78. The zero-order chi connectivity index (χ0) is 24.2. The normalized spacial score (nSPS) is 12.2. The number of nitrogens with two attached hydrogens (primary N) is 2. The van der Waals surface area contributed by atoms with Gasteiger partial charge in [0.2, 0.25) is 0 Å². The molecule has 2 atom stereocenters. The highest BCUT2D eigenvalue weighted by molar-refractivity contribution is 5.80. The molecule has 0 fully saturated rings. The Morgan fingerprint density at radius 3 is 2.45 bits per heavy atom. The van der Waals surface area contributed by atoms with Gasteiger partial charge in [0.25, 0.3) is 0 Å². The molecular weight excluding hydrogens is 434 g/mol. The Morgan fingerprint density at radius 1 is 1.12 bits per heavy atom. The van der Waals surface area contributed by atoms with E-state index < -0.39 is 30.1 Å². The van der Waals surface area contributed by atoms with Crippen molar-refractivity contribution in [3.63, 3.8) is 0 Å². The number of hydrogen-bond acceptors (Lipinski definition) is 7. The molecular formula is C20H27N7O6. The predicted octanol–water partition coefficient (Wildman–Crippen LogP) is -0.144. The van der Waals surface area contributed by atoms with Gasteiger partial charge in [0.15, 0.2) is 5.96 Å². The van der Waals surface area contributed by atoms with Gasteiger partial charge in [0.05, 0.1) is 5.69 Å². The van der Waals surface area contributed by atoms with E-state index in [0.717, 1.165) is 5.56 Å². The van der Waals surface area contributed by atoms with Crippen LogP contribution in [-0.2, 0) is 27.4 Å². The fraction of sp³-hybridized carbons (Fsp3) is 0.350. The molecule has 0 radical (unpaired) electrons. The molecule has 0 aliphatic heterocycles. The van der Waals surface area contributed by atoms with Crippen molar-refractivity contribution in [1.29, 1.82) is 0 Å². The van der Waals surface area contributed by atoms with Crippen molar-refractivity contribution in [2.24, 2.45) is 16.5 Å². The summed E-state index contributed by atoms with van der Waals surface area (Å²) in [5, 5.41) is 21.1. The minimum atomic E-state index is -1.29. The number of hydrogen-bond donors (Lipinski definition) is 6. The summed E-state index contributed by atoms with van der Waals surface area (Å²) in [6, 6.07) is 6.72. The predicted molar refractivity (Wildman–Crippen MR) is 118 cm³/mol. The number of aliphatic imine (C=N–C) groups is 1. The molecule has 0 spiro atoms. The van der Waals surface area contributed by atoms with E-state index in [-0.39, 0.29) is 32.0 Å². The monoisotopic (exact) mass is 461 g/mol. The van der Waals surface area contributed by atoms with E-state index >= 15 is 0 Å². The van der Waals surface area contributed by atoms with Crippen LogP contribution in [0.4, 0.5) is 4.79 Å². The maximum atomic E-state index is 12.0. The number of amides is 1. The molecule has 0 saturated heterocycles. The summed E-state index contributed by atoms with van der Waals surface area (Å²) in [7, 11) is 0. The van der Waals surface area contributed by atoms with E-state index in [2.05, 4.69) is 20.7 Å². The van der Waals surface area contributed by atoms with Crippen LogP contribution in [0.2, 0.25) is 0 Å². The molecule has 2 rings (SSSR count). The van der Waals surface area contributed by atoms with Crippen LogP contribution in [0.5, 0.6) is 0 Å². The van der Waals surface area contributed by atoms with Gasteiger partial charge in [0.1, 0.15) is 25.0 Å². The maximum absolute atomic E-state index is 12.0. The van der Waals surface area contributed by atoms with Gasteiger partial charge >= 0.3 is 18.0 Å². The van der Waals surface area contributed by atoms with E-state index in [4.69, 9.17) is 16.2 Å². The third kappa shape index (κ3) is 9.16. The lowest BCUT2D eigenvalue weighted by Gasteiger charge is -2.16. The summed E-state index contributed by atoms with van der Waals surface area (Å²) in [5.74, 6) is -2.42. The number of nitrogens with zero attached hydrogens (tertiary/aromatic N) is 3. The second-order valence-electron chi connectivity index (χ2n) is 7.04. The van der Waals surface area contributed by atoms with E-state index in [1.54, 1.807) is 24.3 Å². The first-order valence-electron chi connectivity index (χ1n) is 10.0. The summed E-state index contributed by atoms with van der Waals surface area (Å²) < 4.78 is 6.37. The van der Waals surface area contributed by atoms with Crippen LogP contribution in [0.25, 0.3) is 0 Å². The average Bonchev–Trinajstić information content (AvgIpc) is 3.21. The molecule has 0 aliphatic carbocycles. The topological polar surface area (TPSA) is 207 Å². The van der Waals surface area contributed by atoms with Gasteiger partial charge in [-0.25, -0.2) is 19.4 Å². The highest BCUT2D eigenvalue weighted by Crippen LogP contribution is 2.06. The highest BCUT2D eigenvalue weighted by Gasteiger charge is 2.23. The van der Waals surface area contributed by atoms with Gasteiger partial charge in [-0.05, 0) is 18.4 Å². The molecule has 178 valence electrons. The molecule has 8 N–H and O–H groups in total. The lowest BCUT2D eigenvalue weighted by molar-refractivity contribution is -0.139. The standard InChI is InChI=1S/C20H27N7O6/c21-19(22)23-8-4-7-15(17(28)29)26-27-10-14(24-12-27)9-16(18(30)31)25-20(32)33-11-13-5-2-1-3-6-13/h1-3,5-6,10,12,15-16,26H,4,7-9,11H2,(H,25,32)(H,28,29)(H,30,31)(H4,21,22,23)/t15-,16-/m0/s1. The SMILES string of the molecule is NC(N)=NCCC[C@H](Nn1cnc(C[C@H](NC(=O)OCc2ccccc2)C(=O)O)c1)C(=O)O. The Kier molecular flexibility index (Phi) is 9.49. The zero-order valence-corrected chi connectivity index (χ0v) is 17.8. The molecule has 0 bridgehead atoms. The Bertz CT molecular complexity index is 959. The van der Waals surface area contributed by atoms with Gasteiger partial charge in [-0.15, -0.1) is 0 Å². The first-order valence-corrected chi connectivity index (χ1v) is 10.0. The van der Waals surface area contributed by atoms with Crippen molar-refractivity contribution >= 4 is 24.0 Å². The number of guanidine groups is 1. The Balaban J connectivity index is 1.89. The van der Waals surface area contributed by atoms with Crippen molar-refractivity contribution < 1.29 is 29.3 Å². The van der Waals surface area contributed by atoms with Gasteiger partial charge in [0, 0.05) is 19.2 Å². The van der Waals surface area contributed by atoms with Gasteiger partial charge in [-0.3, -0.25) is 9.67 Å². The minimum absolute atomic E-state index is 0.00266. The summed E-state index contributed by atoms with van der Waals surface area (Å²) >= 11 is 0. The first kappa shape index (κ1) is 25.0. The largest absolute Gasteiger partial charge is 0.480 e. The molecule has 2 aromatic rings. The molecule has 1 heterocycles. The zero-order valence-electron chi connectivity index (χ0n) is 17.8. The molecule has 13 heteroatoms. The van der Waals surface area contributed by atoms with Gasteiger partial charge in [-0.2, -0.15) is 0 Å². The van der Waals surface area contributed by atoms with Crippen LogP contribution >= 0.6 is 0 Å². The van der Waals surface area contributed by atoms with Crippen molar-refractivity contribution in [2.45, 2.75) is 38.0 Å². The summed E-state index contributed by atoms with van der Waals surface area (Å²) in [4.78, 5) is 42.9. The van der Waals surface area contributed by atoms with E-state index in [9.17, 15) is 24.6 Å². The molecule has 13 nitrogen and oxygen atoms in total. The van der Waals surface area contributed by atoms with Gasteiger partial charge in [-0.1, -0.05) is 30.3 Å². The number of carboxylic acid groups (broad SMARTS) is 2. The lowest BCUT2D eigenvalue weighted by Crippen LogP contribution is -2.42. The Labute approximate surface area is 189 Å². The van der Waals surface area contributed by atoms with E-state index in [1.807, 2.05) is 6.07 Å². The van der Waals surface area contributed by atoms with Crippen LogP contribution in [0, 0.1) is 0 Å². The first-order chi connectivity index (χ1) is 15.7.